The van der Waals surface area contributed by atoms with E-state index in [0.29, 0.717) is 36.3 Å². The number of alkyl halides is 2. The Labute approximate surface area is 190 Å². The van der Waals surface area contributed by atoms with Gasteiger partial charge in [-0.05, 0) is 48.5 Å². The molecule has 0 aliphatic carbocycles. The summed E-state index contributed by atoms with van der Waals surface area (Å²) in [5.41, 5.74) is 2.62. The van der Waals surface area contributed by atoms with E-state index in [-0.39, 0.29) is 24.7 Å². The minimum absolute atomic E-state index is 0.119. The molecule has 2 aromatic rings. The van der Waals surface area contributed by atoms with Gasteiger partial charge in [0, 0.05) is 37.3 Å². The minimum Gasteiger partial charge on any atom is -0.465 e. The first-order chi connectivity index (χ1) is 15.7. The first-order valence-electron chi connectivity index (χ1n) is 10.5. The molecule has 0 N–H and O–H groups in total. The Bertz CT molecular complexity index is 993. The summed E-state index contributed by atoms with van der Waals surface area (Å²) in [5, 5.41) is 0. The van der Waals surface area contributed by atoms with Crippen molar-refractivity contribution in [3.8, 4) is 0 Å². The van der Waals surface area contributed by atoms with Gasteiger partial charge in [-0.15, -0.1) is 0 Å². The number of carbonyl (C=O) groups excluding carboxylic acids is 3. The molecule has 2 aromatic carbocycles. The Morgan fingerprint density at radius 3 is 1.67 bits per heavy atom. The van der Waals surface area contributed by atoms with Gasteiger partial charge >= 0.3 is 11.9 Å². The molecule has 2 aliphatic rings. The number of hydrogen-bond acceptors (Lipinski definition) is 7. The second-order valence-electron chi connectivity index (χ2n) is 7.81. The molecule has 0 amide bonds. The fourth-order valence-corrected chi connectivity index (χ4v) is 3.66. The molecule has 0 radical (unpaired) electrons. The number of carbonyl (C=O) groups is 3. The number of halogens is 2. The molecule has 0 aromatic heterocycles. The maximum absolute atomic E-state index is 13.0. The SMILES string of the molecule is COC(=O)c1ccc(N2CCC(=O)C2)cc1.COC(=O)c1ccc(N2CCC(F)(F)C2)cc1. The lowest BCUT2D eigenvalue weighted by atomic mass is 10.2. The van der Waals surface area contributed by atoms with Gasteiger partial charge in [0.25, 0.3) is 5.92 Å². The summed E-state index contributed by atoms with van der Waals surface area (Å²) in [6, 6.07) is 13.6. The maximum atomic E-state index is 13.0. The van der Waals surface area contributed by atoms with Gasteiger partial charge < -0.3 is 19.3 Å². The van der Waals surface area contributed by atoms with Crippen LogP contribution in [0.15, 0.2) is 48.5 Å². The molecule has 7 nitrogen and oxygen atoms in total. The van der Waals surface area contributed by atoms with E-state index in [9.17, 15) is 23.2 Å². The largest absolute Gasteiger partial charge is 0.465 e. The van der Waals surface area contributed by atoms with Crippen LogP contribution in [0.4, 0.5) is 20.2 Å². The molecule has 0 spiro atoms. The van der Waals surface area contributed by atoms with Crippen molar-refractivity contribution in [2.45, 2.75) is 18.8 Å². The van der Waals surface area contributed by atoms with Gasteiger partial charge in [-0.25, -0.2) is 18.4 Å². The number of ketones is 1. The Morgan fingerprint density at radius 1 is 0.818 bits per heavy atom. The molecule has 0 unspecified atom stereocenters. The van der Waals surface area contributed by atoms with Crippen LogP contribution in [-0.2, 0) is 14.3 Å². The van der Waals surface area contributed by atoms with E-state index >= 15 is 0 Å². The molecule has 2 fully saturated rings. The van der Waals surface area contributed by atoms with E-state index in [4.69, 9.17) is 0 Å². The molecule has 0 atom stereocenters. The lowest BCUT2D eigenvalue weighted by Crippen LogP contribution is -2.24. The summed E-state index contributed by atoms with van der Waals surface area (Å²) in [6.45, 7) is 1.31. The molecular formula is C24H26F2N2O5. The minimum atomic E-state index is -2.61. The van der Waals surface area contributed by atoms with Crippen molar-refractivity contribution in [2.24, 2.45) is 0 Å². The number of methoxy groups -OCH3 is 2. The van der Waals surface area contributed by atoms with Gasteiger partial charge in [-0.2, -0.15) is 0 Å². The van der Waals surface area contributed by atoms with Crippen LogP contribution in [0, 0.1) is 0 Å². The van der Waals surface area contributed by atoms with Crippen molar-refractivity contribution in [2.75, 3.05) is 50.2 Å². The third-order valence-electron chi connectivity index (χ3n) is 5.50. The molecule has 2 heterocycles. The number of benzene rings is 2. The van der Waals surface area contributed by atoms with Crippen LogP contribution in [0.25, 0.3) is 0 Å². The van der Waals surface area contributed by atoms with Gasteiger partial charge in [0.1, 0.15) is 0 Å². The van der Waals surface area contributed by atoms with Crippen LogP contribution in [0.3, 0.4) is 0 Å². The Morgan fingerprint density at radius 2 is 1.30 bits per heavy atom. The first kappa shape index (κ1) is 24.2. The van der Waals surface area contributed by atoms with Crippen molar-refractivity contribution >= 4 is 29.1 Å². The zero-order chi connectivity index (χ0) is 24.0. The topological polar surface area (TPSA) is 76.1 Å². The van der Waals surface area contributed by atoms with Crippen molar-refractivity contribution < 1.29 is 32.6 Å². The summed E-state index contributed by atoms with van der Waals surface area (Å²) in [7, 11) is 2.66. The van der Waals surface area contributed by atoms with Crippen molar-refractivity contribution in [1.29, 1.82) is 0 Å². The highest BCUT2D eigenvalue weighted by atomic mass is 19.3. The van der Waals surface area contributed by atoms with Crippen LogP contribution in [0.1, 0.15) is 33.6 Å². The highest BCUT2D eigenvalue weighted by Gasteiger charge is 2.38. The molecule has 4 rings (SSSR count). The van der Waals surface area contributed by atoms with Gasteiger partial charge in [0.15, 0.2) is 5.78 Å². The van der Waals surface area contributed by atoms with E-state index in [2.05, 4.69) is 9.47 Å². The Balaban J connectivity index is 0.000000186. The van der Waals surface area contributed by atoms with Crippen LogP contribution in [0.2, 0.25) is 0 Å². The van der Waals surface area contributed by atoms with Crippen molar-refractivity contribution in [1.82, 2.24) is 0 Å². The average molecular weight is 460 g/mol. The molecular weight excluding hydrogens is 434 g/mol. The van der Waals surface area contributed by atoms with E-state index in [1.807, 2.05) is 17.0 Å². The predicted octanol–water partition coefficient (Wildman–Crippen LogP) is 3.57. The van der Waals surface area contributed by atoms with Crippen LogP contribution in [-0.4, -0.2) is 64.0 Å². The summed E-state index contributed by atoms with van der Waals surface area (Å²) in [6.07, 6.45) is 0.491. The van der Waals surface area contributed by atoms with Gasteiger partial charge in [0.2, 0.25) is 0 Å². The molecule has 2 aliphatic heterocycles. The molecule has 2 saturated heterocycles. The van der Waals surface area contributed by atoms with Crippen LogP contribution < -0.4 is 9.80 Å². The number of esters is 2. The highest BCUT2D eigenvalue weighted by molar-refractivity contribution is 5.91. The smallest absolute Gasteiger partial charge is 0.337 e. The first-order valence-corrected chi connectivity index (χ1v) is 10.5. The second kappa shape index (κ2) is 10.4. The van der Waals surface area contributed by atoms with E-state index in [1.54, 1.807) is 41.3 Å². The Kier molecular flexibility index (Phi) is 7.63. The molecule has 0 saturated carbocycles. The zero-order valence-corrected chi connectivity index (χ0v) is 18.6. The van der Waals surface area contributed by atoms with Crippen LogP contribution in [0.5, 0.6) is 0 Å². The number of nitrogens with zero attached hydrogens (tertiary/aromatic N) is 2. The summed E-state index contributed by atoms with van der Waals surface area (Å²) in [4.78, 5) is 37.1. The highest BCUT2D eigenvalue weighted by Crippen LogP contribution is 2.30. The molecule has 33 heavy (non-hydrogen) atoms. The zero-order valence-electron chi connectivity index (χ0n) is 18.6. The quantitative estimate of drug-likeness (QED) is 0.646. The molecule has 9 heteroatoms. The number of rotatable bonds is 4. The second-order valence-corrected chi connectivity index (χ2v) is 7.81. The third-order valence-corrected chi connectivity index (χ3v) is 5.50. The van der Waals surface area contributed by atoms with E-state index in [0.717, 1.165) is 12.2 Å². The third kappa shape index (κ3) is 6.27. The van der Waals surface area contributed by atoms with Gasteiger partial charge in [-0.3, -0.25) is 4.79 Å². The van der Waals surface area contributed by atoms with Gasteiger partial charge in [0.05, 0.1) is 38.4 Å². The fourth-order valence-electron chi connectivity index (χ4n) is 3.66. The number of Topliss-reactive ketones (excluding diaryl/α,β-unsaturated/α-hetero) is 1. The lowest BCUT2D eigenvalue weighted by Gasteiger charge is -2.18. The van der Waals surface area contributed by atoms with E-state index in [1.165, 1.54) is 14.2 Å². The normalized spacial score (nSPS) is 16.8. The average Bonchev–Trinajstić information content (AvgIpc) is 3.43. The van der Waals surface area contributed by atoms with Gasteiger partial charge in [-0.1, -0.05) is 0 Å². The Hall–Kier alpha value is -3.49. The summed E-state index contributed by atoms with van der Waals surface area (Å²) < 4.78 is 35.2. The number of hydrogen-bond donors (Lipinski definition) is 0. The summed E-state index contributed by atoms with van der Waals surface area (Å²) in [5.74, 6) is -3.12. The summed E-state index contributed by atoms with van der Waals surface area (Å²) >= 11 is 0. The van der Waals surface area contributed by atoms with Crippen LogP contribution >= 0.6 is 0 Å². The van der Waals surface area contributed by atoms with E-state index < -0.39 is 11.9 Å². The van der Waals surface area contributed by atoms with Crippen molar-refractivity contribution in [3.63, 3.8) is 0 Å². The lowest BCUT2D eigenvalue weighted by molar-refractivity contribution is -0.116. The molecule has 0 bridgehead atoms. The monoisotopic (exact) mass is 460 g/mol. The van der Waals surface area contributed by atoms with Crippen molar-refractivity contribution in [3.05, 3.63) is 59.7 Å². The number of ether oxygens (including phenoxy) is 2. The maximum Gasteiger partial charge on any atom is 0.337 e. The molecule has 176 valence electrons. The predicted molar refractivity (Wildman–Crippen MR) is 119 cm³/mol. The fraction of sp³-hybridized carbons (Fsp3) is 0.375. The number of anilines is 2. The standard InChI is InChI=1S/C12H13F2NO2.C12H13NO3/c1-17-11(16)9-2-4-10(5-3-9)15-7-6-12(13,14)8-15;1-16-12(15)9-2-4-10(5-3-9)13-7-6-11(14)8-13/h2-5H,6-8H2,1H3;2-5H,6-8H2,1H3.